The number of likely N-dealkylation sites (N-methyl/N-ethyl adjacent to an activating group) is 4. The molecule has 0 aromatic heterocycles. The molecule has 0 spiro atoms. The number of rotatable bonds is 13. The van der Waals surface area contributed by atoms with Crippen LogP contribution in [0.15, 0.2) is 60.8 Å². The fraction of sp³-hybridized carbons (Fsp3) is 0.485. The number of benzene rings is 2. The van der Waals surface area contributed by atoms with Crippen LogP contribution < -0.4 is 0 Å². The maximum absolute atomic E-state index is 13.3. The molecule has 6 saturated heterocycles. The number of hydrogen-bond donors (Lipinski definition) is 2. The summed E-state index contributed by atoms with van der Waals surface area (Å²) in [6, 6.07) is 16.0. The molecule has 15 heteroatoms. The quantitative estimate of drug-likeness (QED) is 0.233. The van der Waals surface area contributed by atoms with Crippen LogP contribution in [0.3, 0.4) is 0 Å². The molecule has 2 N–H and O–H groups in total. The van der Waals surface area contributed by atoms with Crippen LogP contribution in [0.4, 0.5) is 0 Å². The van der Waals surface area contributed by atoms with Gasteiger partial charge in [-0.15, -0.1) is 0 Å². The molecule has 0 radical (unpaired) electrons. The number of aliphatic hydroxyl groups excluding tert-OH is 2. The third-order valence-corrected chi connectivity index (χ3v) is 17.3. The number of amides is 3. The van der Waals surface area contributed by atoms with E-state index < -0.39 is 26.1 Å². The number of ether oxygens (including phenoxy) is 2. The zero-order valence-electron chi connectivity index (χ0n) is 27.3. The molecule has 48 heavy (non-hydrogen) atoms. The van der Waals surface area contributed by atoms with Crippen LogP contribution in [0.25, 0.3) is 0 Å². The third-order valence-electron chi connectivity index (χ3n) is 9.85. The maximum atomic E-state index is 13.3. The standard InChI is InChI=1S/C33H40N4O7S4/c1-22-30(35(3)28(41)32(20-38,34(22)2)47-45-30)16-23-6-10-25(11-7-23)18-43-14-15-44-19-26-12-8-24(9-13-26)17-31-27(40)37(5)33(21-39,48-46-31)29(42)36(31)4/h6-13,38-39H,1,14-21H2,2-5H3/t30-,31-,32-,33-/m0/s1. The Kier molecular flexibility index (Phi) is 9.90. The van der Waals surface area contributed by atoms with Gasteiger partial charge in [-0.25, -0.2) is 0 Å². The van der Waals surface area contributed by atoms with Crippen molar-refractivity contribution in [3.63, 3.8) is 0 Å². The number of nitrogens with zero attached hydrogens (tertiary/aromatic N) is 4. The molecule has 3 amide bonds. The van der Waals surface area contributed by atoms with E-state index in [1.807, 2.05) is 48.3 Å². The summed E-state index contributed by atoms with van der Waals surface area (Å²) in [5.41, 5.74) is 4.84. The van der Waals surface area contributed by atoms with E-state index in [1.54, 1.807) is 36.8 Å². The summed E-state index contributed by atoms with van der Waals surface area (Å²) in [6.07, 6.45) is 0.963. The Hall–Kier alpha value is -2.37. The minimum atomic E-state index is -1.26. The van der Waals surface area contributed by atoms with E-state index >= 15 is 0 Å². The predicted octanol–water partition coefficient (Wildman–Crippen LogP) is 2.91. The molecule has 4 atom stereocenters. The van der Waals surface area contributed by atoms with Crippen molar-refractivity contribution in [3.05, 3.63) is 83.1 Å². The maximum Gasteiger partial charge on any atom is 0.263 e. The monoisotopic (exact) mass is 732 g/mol. The first-order chi connectivity index (χ1) is 22.9. The fourth-order valence-corrected chi connectivity index (χ4v) is 13.8. The van der Waals surface area contributed by atoms with Crippen molar-refractivity contribution in [1.82, 2.24) is 19.6 Å². The van der Waals surface area contributed by atoms with Crippen LogP contribution in [-0.2, 0) is 49.9 Å². The van der Waals surface area contributed by atoms with E-state index in [1.165, 1.54) is 42.2 Å². The fourth-order valence-electron chi connectivity index (χ4n) is 6.47. The summed E-state index contributed by atoms with van der Waals surface area (Å²) in [4.78, 5) is 42.0. The summed E-state index contributed by atoms with van der Waals surface area (Å²) in [6.45, 7) is 5.33. The smallest absolute Gasteiger partial charge is 0.263 e. The molecular weight excluding hydrogens is 693 g/mol. The average Bonchev–Trinajstić information content (AvgIpc) is 3.10. The highest BCUT2D eigenvalue weighted by molar-refractivity contribution is 8.78. The summed E-state index contributed by atoms with van der Waals surface area (Å²) in [5.74, 6) is -0.552. The zero-order chi connectivity index (χ0) is 34.5. The number of piperazine rings is 2. The first-order valence-electron chi connectivity index (χ1n) is 15.5. The lowest BCUT2D eigenvalue weighted by Crippen LogP contribution is -2.77. The number of carbonyl (C=O) groups excluding carboxylic acids is 3. The lowest BCUT2D eigenvalue weighted by Gasteiger charge is -2.61. The first-order valence-corrected chi connectivity index (χ1v) is 19.8. The molecule has 2 aromatic rings. The Bertz CT molecular complexity index is 1480. The summed E-state index contributed by atoms with van der Waals surface area (Å²) >= 11 is 0. The normalized spacial score (nSPS) is 29.9. The van der Waals surface area contributed by atoms with E-state index in [4.69, 9.17) is 9.47 Å². The van der Waals surface area contributed by atoms with Gasteiger partial charge in [-0.3, -0.25) is 14.4 Å². The van der Waals surface area contributed by atoms with Crippen molar-refractivity contribution in [3.8, 4) is 0 Å². The first kappa shape index (κ1) is 35.5. The highest BCUT2D eigenvalue weighted by Gasteiger charge is 2.67. The van der Waals surface area contributed by atoms with Gasteiger partial charge in [-0.1, -0.05) is 87.5 Å². The topological polar surface area (TPSA) is 123 Å². The number of fused-ring (bicyclic) bond motifs is 6. The highest BCUT2D eigenvalue weighted by Crippen LogP contribution is 2.62. The van der Waals surface area contributed by atoms with Crippen molar-refractivity contribution in [2.75, 3.05) is 54.6 Å². The Balaban J connectivity index is 0.942. The van der Waals surface area contributed by atoms with Gasteiger partial charge < -0.3 is 39.3 Å². The van der Waals surface area contributed by atoms with Crippen molar-refractivity contribution in [2.45, 2.75) is 45.5 Å². The predicted molar refractivity (Wildman–Crippen MR) is 190 cm³/mol. The molecule has 4 bridgehead atoms. The van der Waals surface area contributed by atoms with Gasteiger partial charge in [0.25, 0.3) is 17.7 Å². The van der Waals surface area contributed by atoms with Crippen molar-refractivity contribution in [2.24, 2.45) is 0 Å². The highest BCUT2D eigenvalue weighted by atomic mass is 33.1. The molecule has 0 aliphatic carbocycles. The number of carbonyl (C=O) groups is 3. The Morgan fingerprint density at radius 1 is 0.562 bits per heavy atom. The molecule has 0 saturated carbocycles. The minimum Gasteiger partial charge on any atom is -0.392 e. The zero-order valence-corrected chi connectivity index (χ0v) is 30.6. The molecule has 258 valence electrons. The Morgan fingerprint density at radius 3 is 1.38 bits per heavy atom. The van der Waals surface area contributed by atoms with E-state index in [2.05, 4.69) is 18.7 Å². The minimum absolute atomic E-state index is 0.108. The lowest BCUT2D eigenvalue weighted by molar-refractivity contribution is -0.165. The summed E-state index contributed by atoms with van der Waals surface area (Å²) in [7, 11) is 12.4. The molecule has 11 nitrogen and oxygen atoms in total. The SMILES string of the molecule is C=C1N(C)[C@@]2(CO)SS[C@]1(Cc1ccc(COCCOCc3ccc(C[C@@]45SS[C@@](CO)(C(=O)N4C)N(C)C5=O)cc3)cc1)N(C)C2=O. The molecule has 6 aliphatic rings. The second-order valence-corrected chi connectivity index (χ2v) is 17.8. The van der Waals surface area contributed by atoms with E-state index in [-0.39, 0.29) is 24.3 Å². The average molecular weight is 733 g/mol. The Morgan fingerprint density at radius 2 is 0.896 bits per heavy atom. The van der Waals surface area contributed by atoms with E-state index in [0.717, 1.165) is 28.0 Å². The van der Waals surface area contributed by atoms with E-state index in [0.29, 0.717) is 39.3 Å². The van der Waals surface area contributed by atoms with Crippen LogP contribution in [0.2, 0.25) is 0 Å². The largest absolute Gasteiger partial charge is 0.392 e. The molecular formula is C33H40N4O7S4. The second-order valence-electron chi connectivity index (χ2n) is 12.5. The van der Waals surface area contributed by atoms with Gasteiger partial charge in [-0.05, 0) is 33.0 Å². The molecule has 8 rings (SSSR count). The molecule has 6 heterocycles. The summed E-state index contributed by atoms with van der Waals surface area (Å²) < 4.78 is 11.7. The van der Waals surface area contributed by atoms with Crippen molar-refractivity contribution in [1.29, 1.82) is 0 Å². The van der Waals surface area contributed by atoms with Gasteiger partial charge in [0.05, 0.1) is 39.6 Å². The van der Waals surface area contributed by atoms with Gasteiger partial charge >= 0.3 is 0 Å². The molecule has 2 aromatic carbocycles. The molecule has 6 fully saturated rings. The van der Waals surface area contributed by atoms with Crippen LogP contribution in [0.5, 0.6) is 0 Å². The molecule has 0 unspecified atom stereocenters. The van der Waals surface area contributed by atoms with Crippen LogP contribution in [-0.4, -0.2) is 122 Å². The summed E-state index contributed by atoms with van der Waals surface area (Å²) in [5, 5.41) is 19.9. The second kappa shape index (κ2) is 13.4. The Labute approximate surface area is 296 Å². The van der Waals surface area contributed by atoms with E-state index in [9.17, 15) is 24.6 Å². The number of hydrogen-bond acceptors (Lipinski definition) is 12. The van der Waals surface area contributed by atoms with Gasteiger partial charge in [0.2, 0.25) is 4.87 Å². The lowest BCUT2D eigenvalue weighted by atomic mass is 9.95. The van der Waals surface area contributed by atoms with Gasteiger partial charge in [0.15, 0.2) is 9.74 Å². The van der Waals surface area contributed by atoms with Gasteiger partial charge in [-0.2, -0.15) is 0 Å². The number of aliphatic hydroxyl groups is 2. The van der Waals surface area contributed by atoms with Crippen LogP contribution >= 0.6 is 43.2 Å². The van der Waals surface area contributed by atoms with Crippen LogP contribution in [0, 0.1) is 0 Å². The van der Waals surface area contributed by atoms with Crippen molar-refractivity contribution >= 4 is 60.9 Å². The van der Waals surface area contributed by atoms with Crippen LogP contribution in [0.1, 0.15) is 22.3 Å². The van der Waals surface area contributed by atoms with Crippen molar-refractivity contribution < 1.29 is 34.1 Å². The molecule has 6 aliphatic heterocycles. The van der Waals surface area contributed by atoms with Gasteiger partial charge in [0, 0.05) is 46.7 Å². The third kappa shape index (κ3) is 5.45. The van der Waals surface area contributed by atoms with Gasteiger partial charge in [0.1, 0.15) is 4.87 Å².